The van der Waals surface area contributed by atoms with Crippen molar-refractivity contribution in [1.82, 2.24) is 9.79 Å². The first kappa shape index (κ1) is 20.0. The third kappa shape index (κ3) is 5.61. The fourth-order valence-corrected chi connectivity index (χ4v) is 3.50. The summed E-state index contributed by atoms with van der Waals surface area (Å²) in [5.41, 5.74) is 8.01. The van der Waals surface area contributed by atoms with E-state index in [-0.39, 0.29) is 24.6 Å². The number of rotatable bonds is 7. The number of primary amides is 1. The Hall–Kier alpha value is -2.31. The van der Waals surface area contributed by atoms with Gasteiger partial charge in [-0.1, -0.05) is 0 Å². The number of carbonyl (C=O) groups excluding carboxylic acids is 1. The number of hydrogen-bond acceptors (Lipinski definition) is 6. The van der Waals surface area contributed by atoms with E-state index in [1.54, 1.807) is 6.08 Å². The van der Waals surface area contributed by atoms with E-state index in [1.807, 2.05) is 0 Å². The second kappa shape index (κ2) is 7.93. The van der Waals surface area contributed by atoms with Gasteiger partial charge in [0.15, 0.2) is 6.61 Å². The number of hydrogen-bond donors (Lipinski definition) is 2. The van der Waals surface area contributed by atoms with E-state index in [0.717, 1.165) is 28.6 Å². The van der Waals surface area contributed by atoms with Crippen molar-refractivity contribution in [2.45, 2.75) is 17.7 Å². The van der Waals surface area contributed by atoms with Gasteiger partial charge in [0, 0.05) is 25.2 Å². The maximum Gasteiger partial charge on any atom is 0.573 e. The highest BCUT2D eigenvalue weighted by Gasteiger charge is 2.31. The number of nitrogens with two attached hydrogens (primary N) is 1. The largest absolute Gasteiger partial charge is 0.573 e. The Kier molecular flexibility index (Phi) is 6.10. The summed E-state index contributed by atoms with van der Waals surface area (Å²) in [6.45, 7) is -0.168. The normalized spacial score (nSPS) is 16.0. The Morgan fingerprint density at radius 2 is 1.92 bits per heavy atom. The highest BCUT2D eigenvalue weighted by Crippen LogP contribution is 2.26. The van der Waals surface area contributed by atoms with Gasteiger partial charge >= 0.3 is 6.36 Å². The van der Waals surface area contributed by atoms with Crippen LogP contribution in [0.4, 0.5) is 13.2 Å². The zero-order chi connectivity index (χ0) is 19.4. The number of nitrogens with zero attached hydrogens (tertiary/aromatic N) is 1. The SMILES string of the molecule is NC(=O)CONC1=CCN(S(=O)(=O)c2ccc(OC(F)(F)F)cc2)CC1. The van der Waals surface area contributed by atoms with Crippen LogP contribution in [0.5, 0.6) is 5.75 Å². The molecule has 0 fully saturated rings. The standard InChI is InChI=1S/C14H16F3N3O5S/c15-14(16,17)25-11-1-3-12(4-2-11)26(22,23)20-7-5-10(6-8-20)19-24-9-13(18)21/h1-5,19H,6-9H2,(H2,18,21). The third-order valence-electron chi connectivity index (χ3n) is 3.28. The van der Waals surface area contributed by atoms with Gasteiger partial charge in [0.25, 0.3) is 0 Å². The lowest BCUT2D eigenvalue weighted by Gasteiger charge is -2.26. The molecule has 0 saturated heterocycles. The number of sulfonamides is 1. The van der Waals surface area contributed by atoms with Gasteiger partial charge < -0.3 is 10.5 Å². The van der Waals surface area contributed by atoms with Crippen molar-refractivity contribution in [3.05, 3.63) is 36.0 Å². The van der Waals surface area contributed by atoms with E-state index >= 15 is 0 Å². The number of amides is 1. The van der Waals surface area contributed by atoms with Crippen molar-refractivity contribution < 1.29 is 36.0 Å². The van der Waals surface area contributed by atoms with Crippen LogP contribution in [0.2, 0.25) is 0 Å². The van der Waals surface area contributed by atoms with Gasteiger partial charge in [0.1, 0.15) is 5.75 Å². The fourth-order valence-electron chi connectivity index (χ4n) is 2.12. The zero-order valence-corrected chi connectivity index (χ0v) is 14.1. The molecule has 1 aromatic rings. The summed E-state index contributed by atoms with van der Waals surface area (Å²) in [6, 6.07) is 3.96. The molecule has 8 nitrogen and oxygen atoms in total. The van der Waals surface area contributed by atoms with E-state index < -0.39 is 28.0 Å². The Bertz CT molecular complexity index is 778. The number of carbonyl (C=O) groups is 1. The fraction of sp³-hybridized carbons (Fsp3) is 0.357. The molecular formula is C14H16F3N3O5S. The molecule has 26 heavy (non-hydrogen) atoms. The Labute approximate surface area is 147 Å². The Morgan fingerprint density at radius 3 is 2.42 bits per heavy atom. The number of nitrogens with one attached hydrogen (secondary N) is 1. The monoisotopic (exact) mass is 395 g/mol. The first-order chi connectivity index (χ1) is 12.1. The second-order valence-corrected chi connectivity index (χ2v) is 7.16. The quantitative estimate of drug-likeness (QED) is 0.663. The van der Waals surface area contributed by atoms with Crippen LogP contribution in [0.1, 0.15) is 6.42 Å². The van der Waals surface area contributed by atoms with Crippen molar-refractivity contribution in [2.75, 3.05) is 19.7 Å². The Morgan fingerprint density at radius 1 is 1.27 bits per heavy atom. The summed E-state index contributed by atoms with van der Waals surface area (Å²) >= 11 is 0. The highest BCUT2D eigenvalue weighted by atomic mass is 32.2. The summed E-state index contributed by atoms with van der Waals surface area (Å²) < 4.78 is 66.3. The molecule has 1 heterocycles. The number of benzene rings is 1. The van der Waals surface area contributed by atoms with E-state index in [1.165, 1.54) is 0 Å². The lowest BCUT2D eigenvalue weighted by Crippen LogP contribution is -2.37. The molecule has 0 unspecified atom stereocenters. The van der Waals surface area contributed by atoms with Gasteiger partial charge in [-0.3, -0.25) is 15.1 Å². The maximum absolute atomic E-state index is 12.5. The van der Waals surface area contributed by atoms with Gasteiger partial charge in [0.2, 0.25) is 15.9 Å². The molecule has 1 aliphatic heterocycles. The average Bonchev–Trinajstić information content (AvgIpc) is 2.54. The Balaban J connectivity index is 2.00. The van der Waals surface area contributed by atoms with Crippen LogP contribution >= 0.6 is 0 Å². The summed E-state index contributed by atoms with van der Waals surface area (Å²) in [4.78, 5) is 15.2. The first-order valence-corrected chi connectivity index (χ1v) is 8.73. The molecule has 0 spiro atoms. The molecule has 0 atom stereocenters. The minimum absolute atomic E-state index is 0.0331. The smallest absolute Gasteiger partial charge is 0.406 e. The van der Waals surface area contributed by atoms with E-state index in [0.29, 0.717) is 12.1 Å². The van der Waals surface area contributed by atoms with Gasteiger partial charge in [-0.25, -0.2) is 8.42 Å². The van der Waals surface area contributed by atoms with Crippen molar-refractivity contribution in [1.29, 1.82) is 0 Å². The van der Waals surface area contributed by atoms with Crippen molar-refractivity contribution >= 4 is 15.9 Å². The molecule has 144 valence electrons. The van der Waals surface area contributed by atoms with Gasteiger partial charge in [0.05, 0.1) is 4.90 Å². The van der Waals surface area contributed by atoms with Gasteiger partial charge in [-0.15, -0.1) is 13.2 Å². The topological polar surface area (TPSA) is 111 Å². The van der Waals surface area contributed by atoms with Crippen LogP contribution in [0.15, 0.2) is 40.9 Å². The van der Waals surface area contributed by atoms with Gasteiger partial charge in [-0.2, -0.15) is 4.31 Å². The second-order valence-electron chi connectivity index (χ2n) is 5.22. The molecule has 0 saturated carbocycles. The van der Waals surface area contributed by atoms with Crippen molar-refractivity contribution in [3.63, 3.8) is 0 Å². The van der Waals surface area contributed by atoms with Crippen LogP contribution in [-0.4, -0.2) is 44.7 Å². The third-order valence-corrected chi connectivity index (χ3v) is 5.16. The summed E-state index contributed by atoms with van der Waals surface area (Å²) in [5.74, 6) is -1.16. The minimum atomic E-state index is -4.85. The van der Waals surface area contributed by atoms with E-state index in [9.17, 15) is 26.4 Å². The average molecular weight is 395 g/mol. The number of halogens is 3. The van der Waals surface area contributed by atoms with Crippen LogP contribution in [0.25, 0.3) is 0 Å². The molecule has 0 aromatic heterocycles. The van der Waals surface area contributed by atoms with Crippen LogP contribution in [0.3, 0.4) is 0 Å². The predicted molar refractivity (Wildman–Crippen MR) is 82.9 cm³/mol. The van der Waals surface area contributed by atoms with E-state index in [4.69, 9.17) is 10.6 Å². The molecular weight excluding hydrogens is 379 g/mol. The molecule has 0 bridgehead atoms. The molecule has 1 amide bonds. The highest BCUT2D eigenvalue weighted by molar-refractivity contribution is 7.89. The van der Waals surface area contributed by atoms with Crippen LogP contribution in [0, 0.1) is 0 Å². The number of alkyl halides is 3. The van der Waals surface area contributed by atoms with E-state index in [2.05, 4.69) is 10.2 Å². The summed E-state index contributed by atoms with van der Waals surface area (Å²) in [7, 11) is -3.87. The molecule has 1 aliphatic rings. The number of hydroxylamine groups is 1. The summed E-state index contributed by atoms with van der Waals surface area (Å²) in [6.07, 6.45) is -2.99. The number of ether oxygens (including phenoxy) is 1. The maximum atomic E-state index is 12.5. The van der Waals surface area contributed by atoms with Crippen LogP contribution in [-0.2, 0) is 19.7 Å². The van der Waals surface area contributed by atoms with Crippen molar-refractivity contribution in [3.8, 4) is 5.75 Å². The molecule has 0 aliphatic carbocycles. The lowest BCUT2D eigenvalue weighted by atomic mass is 10.2. The lowest BCUT2D eigenvalue weighted by molar-refractivity contribution is -0.274. The minimum Gasteiger partial charge on any atom is -0.406 e. The molecule has 1 aromatic carbocycles. The van der Waals surface area contributed by atoms with Gasteiger partial charge in [-0.05, 0) is 30.3 Å². The van der Waals surface area contributed by atoms with Crippen molar-refractivity contribution in [2.24, 2.45) is 5.73 Å². The zero-order valence-electron chi connectivity index (χ0n) is 13.3. The molecule has 2 rings (SSSR count). The molecule has 3 N–H and O–H groups in total. The molecule has 0 radical (unpaired) electrons. The summed E-state index contributed by atoms with van der Waals surface area (Å²) in [5, 5.41) is 0. The first-order valence-electron chi connectivity index (χ1n) is 7.29. The molecule has 12 heteroatoms. The predicted octanol–water partition coefficient (Wildman–Crippen LogP) is 0.870. The van der Waals surface area contributed by atoms with Crippen LogP contribution < -0.4 is 16.0 Å².